The number of pyridine rings is 2. The highest BCUT2D eigenvalue weighted by molar-refractivity contribution is 6.33. The summed E-state index contributed by atoms with van der Waals surface area (Å²) in [4.78, 5) is 13.5. The Bertz CT molecular complexity index is 1350. The summed E-state index contributed by atoms with van der Waals surface area (Å²) in [6.07, 6.45) is 5.42. The molecule has 0 saturated carbocycles. The van der Waals surface area contributed by atoms with Gasteiger partial charge in [0.05, 0.1) is 28.3 Å². The van der Waals surface area contributed by atoms with Gasteiger partial charge in [0, 0.05) is 17.5 Å². The van der Waals surface area contributed by atoms with E-state index in [1.807, 2.05) is 73.0 Å². The Labute approximate surface area is 178 Å². The average Bonchev–Trinajstić information content (AvgIpc) is 3.33. The van der Waals surface area contributed by atoms with Gasteiger partial charge in [-0.2, -0.15) is 5.10 Å². The molecular formula is C22H18ClN7. The predicted octanol–water partition coefficient (Wildman–Crippen LogP) is 4.99. The molecule has 0 spiro atoms. The highest BCUT2D eigenvalue weighted by atomic mass is 35.5. The molecule has 4 heterocycles. The minimum Gasteiger partial charge on any atom is -0.337 e. The molecule has 5 rings (SSSR count). The van der Waals surface area contributed by atoms with Gasteiger partial charge in [-0.25, -0.2) is 19.6 Å². The van der Waals surface area contributed by atoms with Gasteiger partial charge in [0.2, 0.25) is 0 Å². The van der Waals surface area contributed by atoms with E-state index < -0.39 is 0 Å². The Kier molecular flexibility index (Phi) is 4.44. The van der Waals surface area contributed by atoms with Crippen LogP contribution in [0.5, 0.6) is 0 Å². The lowest BCUT2D eigenvalue weighted by molar-refractivity contribution is 0.857. The number of fused-ring (bicyclic) bond motifs is 1. The van der Waals surface area contributed by atoms with E-state index in [2.05, 4.69) is 20.4 Å². The number of aromatic nitrogens is 6. The van der Waals surface area contributed by atoms with Crippen LogP contribution >= 0.6 is 11.6 Å². The van der Waals surface area contributed by atoms with Crippen molar-refractivity contribution in [3.05, 3.63) is 83.8 Å². The van der Waals surface area contributed by atoms with E-state index in [1.165, 1.54) is 0 Å². The Morgan fingerprint density at radius 1 is 0.967 bits per heavy atom. The third kappa shape index (κ3) is 3.19. The number of rotatable bonds is 4. The molecule has 0 aliphatic rings. The summed E-state index contributed by atoms with van der Waals surface area (Å²) in [6, 6.07) is 15.5. The number of halogens is 1. The zero-order valence-electron chi connectivity index (χ0n) is 16.4. The SMILES string of the molecule is Cc1ncn(-c2ccc(Nc3cccn4c(C)c(-c5ccccc5Cl)nc34)nc2)n1. The molecule has 0 bridgehead atoms. The van der Waals surface area contributed by atoms with E-state index in [9.17, 15) is 0 Å². The molecular weight excluding hydrogens is 398 g/mol. The first kappa shape index (κ1) is 18.3. The number of aryl methyl sites for hydroxylation is 2. The van der Waals surface area contributed by atoms with Crippen molar-refractivity contribution in [2.75, 3.05) is 5.32 Å². The molecule has 0 aliphatic carbocycles. The molecule has 1 aromatic carbocycles. The summed E-state index contributed by atoms with van der Waals surface area (Å²) in [5.74, 6) is 1.43. The number of nitrogens with zero attached hydrogens (tertiary/aromatic N) is 6. The van der Waals surface area contributed by atoms with Crippen molar-refractivity contribution in [1.29, 1.82) is 0 Å². The van der Waals surface area contributed by atoms with E-state index in [4.69, 9.17) is 16.6 Å². The third-order valence-electron chi connectivity index (χ3n) is 4.90. The van der Waals surface area contributed by atoms with Crippen molar-refractivity contribution in [1.82, 2.24) is 29.1 Å². The zero-order valence-corrected chi connectivity index (χ0v) is 17.2. The van der Waals surface area contributed by atoms with Crippen molar-refractivity contribution in [3.63, 3.8) is 0 Å². The first-order valence-corrected chi connectivity index (χ1v) is 9.82. The predicted molar refractivity (Wildman–Crippen MR) is 118 cm³/mol. The normalized spacial score (nSPS) is 11.2. The molecule has 8 heteroatoms. The molecule has 5 aromatic rings. The van der Waals surface area contributed by atoms with Crippen LogP contribution in [0.15, 0.2) is 67.3 Å². The highest BCUT2D eigenvalue weighted by Gasteiger charge is 2.15. The zero-order chi connectivity index (χ0) is 20.7. The lowest BCUT2D eigenvalue weighted by Gasteiger charge is -2.08. The first-order valence-electron chi connectivity index (χ1n) is 9.44. The van der Waals surface area contributed by atoms with Crippen molar-refractivity contribution < 1.29 is 0 Å². The molecule has 0 atom stereocenters. The van der Waals surface area contributed by atoms with Crippen LogP contribution in [-0.2, 0) is 0 Å². The van der Waals surface area contributed by atoms with E-state index in [0.717, 1.165) is 34.0 Å². The van der Waals surface area contributed by atoms with Crippen LogP contribution in [0.25, 0.3) is 22.6 Å². The van der Waals surface area contributed by atoms with E-state index >= 15 is 0 Å². The summed E-state index contributed by atoms with van der Waals surface area (Å²) >= 11 is 6.41. The number of benzene rings is 1. The Morgan fingerprint density at radius 3 is 2.57 bits per heavy atom. The van der Waals surface area contributed by atoms with E-state index in [0.29, 0.717) is 16.7 Å². The van der Waals surface area contributed by atoms with Gasteiger partial charge >= 0.3 is 0 Å². The molecule has 7 nitrogen and oxygen atoms in total. The molecule has 30 heavy (non-hydrogen) atoms. The fraction of sp³-hybridized carbons (Fsp3) is 0.0909. The van der Waals surface area contributed by atoms with E-state index in [1.54, 1.807) is 17.2 Å². The van der Waals surface area contributed by atoms with Gasteiger partial charge in [-0.1, -0.05) is 29.8 Å². The molecule has 148 valence electrons. The van der Waals surface area contributed by atoms with Crippen molar-refractivity contribution in [2.24, 2.45) is 0 Å². The van der Waals surface area contributed by atoms with Crippen molar-refractivity contribution >= 4 is 28.8 Å². The minimum atomic E-state index is 0.680. The standard InChI is InChI=1S/C22H18ClN7/c1-14-21(17-6-3-4-7-18(17)23)27-22-19(8-5-11-29(14)22)26-20-10-9-16(12-24-20)30-13-25-15(2)28-30/h3-13H,1-2H3,(H,24,26). The molecule has 0 aliphatic heterocycles. The van der Waals surface area contributed by atoms with E-state index in [-0.39, 0.29) is 0 Å². The first-order chi connectivity index (χ1) is 14.6. The van der Waals surface area contributed by atoms with Crippen LogP contribution in [0.4, 0.5) is 11.5 Å². The Morgan fingerprint density at radius 2 is 1.83 bits per heavy atom. The number of hydrogen-bond donors (Lipinski definition) is 1. The highest BCUT2D eigenvalue weighted by Crippen LogP contribution is 2.32. The second-order valence-corrected chi connectivity index (χ2v) is 7.31. The lowest BCUT2D eigenvalue weighted by Crippen LogP contribution is -2.00. The van der Waals surface area contributed by atoms with Crippen LogP contribution in [0.1, 0.15) is 11.5 Å². The largest absolute Gasteiger partial charge is 0.337 e. The average molecular weight is 416 g/mol. The Hall–Kier alpha value is -3.71. The van der Waals surface area contributed by atoms with Gasteiger partial charge in [-0.3, -0.25) is 0 Å². The van der Waals surface area contributed by atoms with Gasteiger partial charge < -0.3 is 9.72 Å². The van der Waals surface area contributed by atoms with Crippen molar-refractivity contribution in [2.45, 2.75) is 13.8 Å². The van der Waals surface area contributed by atoms with Gasteiger partial charge in [0.15, 0.2) is 5.65 Å². The number of anilines is 2. The lowest BCUT2D eigenvalue weighted by atomic mass is 10.1. The third-order valence-corrected chi connectivity index (χ3v) is 5.23. The molecule has 0 saturated heterocycles. The molecule has 0 radical (unpaired) electrons. The summed E-state index contributed by atoms with van der Waals surface area (Å²) in [6.45, 7) is 3.89. The number of imidazole rings is 1. The van der Waals surface area contributed by atoms with Gasteiger partial charge in [-0.15, -0.1) is 0 Å². The van der Waals surface area contributed by atoms with Gasteiger partial charge in [-0.05, 0) is 44.2 Å². The fourth-order valence-electron chi connectivity index (χ4n) is 3.40. The molecule has 1 N–H and O–H groups in total. The summed E-state index contributed by atoms with van der Waals surface area (Å²) in [7, 11) is 0. The Balaban J connectivity index is 1.51. The molecule has 0 fully saturated rings. The quantitative estimate of drug-likeness (QED) is 0.447. The van der Waals surface area contributed by atoms with Crippen molar-refractivity contribution in [3.8, 4) is 16.9 Å². The van der Waals surface area contributed by atoms with Crippen LogP contribution in [-0.4, -0.2) is 29.1 Å². The summed E-state index contributed by atoms with van der Waals surface area (Å²) in [5.41, 5.74) is 5.30. The maximum absolute atomic E-state index is 6.41. The minimum absolute atomic E-state index is 0.680. The second kappa shape index (κ2) is 7.27. The number of hydrogen-bond acceptors (Lipinski definition) is 5. The van der Waals surface area contributed by atoms with Crippen LogP contribution in [0.3, 0.4) is 0 Å². The van der Waals surface area contributed by atoms with Gasteiger partial charge in [0.25, 0.3) is 0 Å². The summed E-state index contributed by atoms with van der Waals surface area (Å²) < 4.78 is 3.74. The van der Waals surface area contributed by atoms with Crippen LogP contribution in [0, 0.1) is 13.8 Å². The van der Waals surface area contributed by atoms with Gasteiger partial charge in [0.1, 0.15) is 18.0 Å². The van der Waals surface area contributed by atoms with Crippen LogP contribution in [0.2, 0.25) is 5.02 Å². The number of nitrogens with one attached hydrogen (secondary N) is 1. The topological polar surface area (TPSA) is 72.9 Å². The molecule has 0 amide bonds. The molecule has 0 unspecified atom stereocenters. The molecule has 4 aromatic heterocycles. The fourth-order valence-corrected chi connectivity index (χ4v) is 3.62. The monoisotopic (exact) mass is 415 g/mol. The summed E-state index contributed by atoms with van der Waals surface area (Å²) in [5, 5.41) is 8.35. The maximum Gasteiger partial charge on any atom is 0.161 e. The second-order valence-electron chi connectivity index (χ2n) is 6.90. The maximum atomic E-state index is 6.41. The smallest absolute Gasteiger partial charge is 0.161 e. The van der Waals surface area contributed by atoms with Crippen LogP contribution < -0.4 is 5.32 Å².